The SMILES string of the molecule is CC(=O)CCSCC(CO[N+](=O)[O-])O[N+](=O)[O-]. The van der Waals surface area contributed by atoms with E-state index in [2.05, 4.69) is 9.68 Å². The Morgan fingerprint density at radius 2 is 2.00 bits per heavy atom. The fourth-order valence-electron chi connectivity index (χ4n) is 0.805. The molecule has 0 saturated heterocycles. The molecule has 0 radical (unpaired) electrons. The normalized spacial score (nSPS) is 11.6. The lowest BCUT2D eigenvalue weighted by Gasteiger charge is -2.12. The second-order valence-electron chi connectivity index (χ2n) is 3.00. The van der Waals surface area contributed by atoms with Crippen LogP contribution < -0.4 is 0 Å². The summed E-state index contributed by atoms with van der Waals surface area (Å²) < 4.78 is 0. The molecule has 0 fully saturated rings. The van der Waals surface area contributed by atoms with Crippen molar-refractivity contribution in [2.24, 2.45) is 0 Å². The first-order valence-electron chi connectivity index (χ1n) is 4.57. The molecule has 17 heavy (non-hydrogen) atoms. The summed E-state index contributed by atoms with van der Waals surface area (Å²) in [7, 11) is 0. The molecule has 0 spiro atoms. The number of ketones is 1. The third-order valence-corrected chi connectivity index (χ3v) is 2.60. The Labute approximate surface area is 101 Å². The van der Waals surface area contributed by atoms with Gasteiger partial charge in [0, 0.05) is 17.9 Å². The van der Waals surface area contributed by atoms with Crippen molar-refractivity contribution in [3.05, 3.63) is 20.2 Å². The van der Waals surface area contributed by atoms with E-state index in [1.807, 2.05) is 0 Å². The minimum Gasteiger partial charge on any atom is -0.312 e. The highest BCUT2D eigenvalue weighted by atomic mass is 32.2. The van der Waals surface area contributed by atoms with Crippen LogP contribution in [0.2, 0.25) is 0 Å². The maximum Gasteiger partial charge on any atom is 0.294 e. The van der Waals surface area contributed by atoms with E-state index in [-0.39, 0.29) is 11.5 Å². The van der Waals surface area contributed by atoms with Gasteiger partial charge >= 0.3 is 0 Å². The van der Waals surface area contributed by atoms with Crippen LogP contribution in [0.15, 0.2) is 0 Å². The molecule has 0 aromatic carbocycles. The van der Waals surface area contributed by atoms with Gasteiger partial charge in [0.15, 0.2) is 0 Å². The quantitative estimate of drug-likeness (QED) is 0.318. The molecule has 0 heterocycles. The van der Waals surface area contributed by atoms with Crippen molar-refractivity contribution in [1.29, 1.82) is 0 Å². The molecule has 0 aromatic heterocycles. The Bertz CT molecular complexity index is 285. The van der Waals surface area contributed by atoms with E-state index in [0.717, 1.165) is 0 Å². The summed E-state index contributed by atoms with van der Waals surface area (Å²) in [5.41, 5.74) is 0. The summed E-state index contributed by atoms with van der Waals surface area (Å²) in [5.74, 6) is 0.624. The van der Waals surface area contributed by atoms with Gasteiger partial charge in [-0.3, -0.25) is 4.79 Å². The lowest BCUT2D eigenvalue weighted by molar-refractivity contribution is -0.788. The lowest BCUT2D eigenvalue weighted by atomic mass is 10.4. The standard InChI is InChI=1S/C7H12N2O7S/c1-6(10)2-3-17-5-7(16-9(13)14)4-15-8(11)12/h7H,2-5H2,1H3. The zero-order valence-electron chi connectivity index (χ0n) is 9.07. The number of carbonyl (C=O) groups excluding carboxylic acids is 1. The highest BCUT2D eigenvalue weighted by Gasteiger charge is 2.15. The summed E-state index contributed by atoms with van der Waals surface area (Å²) >= 11 is 1.23. The van der Waals surface area contributed by atoms with Crippen molar-refractivity contribution in [2.75, 3.05) is 18.1 Å². The van der Waals surface area contributed by atoms with Gasteiger partial charge in [-0.2, -0.15) is 11.8 Å². The van der Waals surface area contributed by atoms with Crippen LogP contribution >= 0.6 is 11.8 Å². The fraction of sp³-hybridized carbons (Fsp3) is 0.857. The Kier molecular flexibility index (Phi) is 7.76. The molecule has 0 aliphatic carbocycles. The molecule has 0 saturated carbocycles. The van der Waals surface area contributed by atoms with Crippen LogP contribution in [0, 0.1) is 20.2 Å². The minimum absolute atomic E-state index is 0.00536. The molecule has 0 bridgehead atoms. The molecule has 0 aliphatic heterocycles. The van der Waals surface area contributed by atoms with Gasteiger partial charge in [0.1, 0.15) is 18.5 Å². The molecule has 0 aliphatic rings. The fourth-order valence-corrected chi connectivity index (χ4v) is 1.82. The number of nitrogens with zero attached hydrogens (tertiary/aromatic N) is 2. The van der Waals surface area contributed by atoms with Gasteiger partial charge in [0.05, 0.1) is 0 Å². The lowest BCUT2D eigenvalue weighted by Crippen LogP contribution is -2.27. The summed E-state index contributed by atoms with van der Waals surface area (Å²) in [5, 5.41) is 17.9. The van der Waals surface area contributed by atoms with Crippen LogP contribution in [0.4, 0.5) is 0 Å². The average molecular weight is 268 g/mol. The smallest absolute Gasteiger partial charge is 0.294 e. The maximum absolute atomic E-state index is 10.6. The van der Waals surface area contributed by atoms with E-state index < -0.39 is 22.9 Å². The molecular formula is C7H12N2O7S. The molecule has 98 valence electrons. The van der Waals surface area contributed by atoms with E-state index in [4.69, 9.17) is 0 Å². The predicted octanol–water partition coefficient (Wildman–Crippen LogP) is 0.484. The molecular weight excluding hydrogens is 256 g/mol. The van der Waals surface area contributed by atoms with Crippen molar-refractivity contribution >= 4 is 17.5 Å². The van der Waals surface area contributed by atoms with Crippen molar-refractivity contribution in [3.8, 4) is 0 Å². The van der Waals surface area contributed by atoms with Crippen LogP contribution in [0.1, 0.15) is 13.3 Å². The Morgan fingerprint density at radius 3 is 2.47 bits per heavy atom. The van der Waals surface area contributed by atoms with Crippen LogP contribution in [0.5, 0.6) is 0 Å². The van der Waals surface area contributed by atoms with E-state index in [0.29, 0.717) is 12.2 Å². The molecule has 0 N–H and O–H groups in total. The van der Waals surface area contributed by atoms with Gasteiger partial charge in [-0.15, -0.1) is 20.2 Å². The van der Waals surface area contributed by atoms with Crippen LogP contribution in [-0.2, 0) is 14.5 Å². The van der Waals surface area contributed by atoms with Gasteiger partial charge in [-0.1, -0.05) is 0 Å². The highest BCUT2D eigenvalue weighted by molar-refractivity contribution is 7.99. The van der Waals surface area contributed by atoms with E-state index in [9.17, 15) is 25.0 Å². The van der Waals surface area contributed by atoms with Gasteiger partial charge in [-0.25, -0.2) is 0 Å². The molecule has 0 amide bonds. The van der Waals surface area contributed by atoms with E-state index in [1.165, 1.54) is 18.7 Å². The molecule has 0 rings (SSSR count). The first kappa shape index (κ1) is 15.4. The van der Waals surface area contributed by atoms with E-state index >= 15 is 0 Å². The van der Waals surface area contributed by atoms with Gasteiger partial charge < -0.3 is 9.68 Å². The van der Waals surface area contributed by atoms with Crippen LogP contribution in [-0.4, -0.2) is 40.2 Å². The summed E-state index contributed by atoms with van der Waals surface area (Å²) in [6, 6.07) is 0. The van der Waals surface area contributed by atoms with Crippen molar-refractivity contribution in [1.82, 2.24) is 0 Å². The van der Waals surface area contributed by atoms with Crippen molar-refractivity contribution in [3.63, 3.8) is 0 Å². The highest BCUT2D eigenvalue weighted by Crippen LogP contribution is 2.08. The van der Waals surface area contributed by atoms with Gasteiger partial charge in [-0.05, 0) is 6.92 Å². The first-order chi connectivity index (χ1) is 7.91. The number of carbonyl (C=O) groups is 1. The second kappa shape index (κ2) is 8.56. The van der Waals surface area contributed by atoms with E-state index in [1.54, 1.807) is 0 Å². The van der Waals surface area contributed by atoms with Crippen molar-refractivity contribution in [2.45, 2.75) is 19.4 Å². The third-order valence-electron chi connectivity index (χ3n) is 1.50. The zero-order chi connectivity index (χ0) is 13.3. The minimum atomic E-state index is -1.05. The largest absolute Gasteiger partial charge is 0.312 e. The number of Topliss-reactive ketones (excluding diaryl/α,β-unsaturated/α-hetero) is 1. The average Bonchev–Trinajstić information content (AvgIpc) is 2.19. The summed E-state index contributed by atoms with van der Waals surface area (Å²) in [4.78, 5) is 38.8. The van der Waals surface area contributed by atoms with Gasteiger partial charge in [0.25, 0.3) is 10.2 Å². The number of hydrogen-bond acceptors (Lipinski definition) is 8. The second-order valence-corrected chi connectivity index (χ2v) is 4.15. The zero-order valence-corrected chi connectivity index (χ0v) is 9.88. The van der Waals surface area contributed by atoms with Crippen molar-refractivity contribution < 1.29 is 24.6 Å². The molecule has 10 heteroatoms. The topological polar surface area (TPSA) is 122 Å². The molecule has 1 unspecified atom stereocenters. The van der Waals surface area contributed by atoms with Crippen LogP contribution in [0.3, 0.4) is 0 Å². The molecule has 0 aromatic rings. The summed E-state index contributed by atoms with van der Waals surface area (Å²) in [6.45, 7) is 0.919. The molecule has 1 atom stereocenters. The third kappa shape index (κ3) is 10.7. The summed E-state index contributed by atoms with van der Waals surface area (Å²) in [6.07, 6.45) is -0.682. The maximum atomic E-state index is 10.6. The predicted molar refractivity (Wildman–Crippen MR) is 57.4 cm³/mol. The first-order valence-corrected chi connectivity index (χ1v) is 5.73. The Balaban J connectivity index is 3.88. The Hall–Kier alpha value is -1.58. The number of rotatable bonds is 10. The number of thioether (sulfide) groups is 1. The molecule has 9 nitrogen and oxygen atoms in total. The Morgan fingerprint density at radius 1 is 1.35 bits per heavy atom. The van der Waals surface area contributed by atoms with Gasteiger partial charge in [0.2, 0.25) is 0 Å². The number of hydrogen-bond donors (Lipinski definition) is 0. The van der Waals surface area contributed by atoms with Crippen LogP contribution in [0.25, 0.3) is 0 Å². The monoisotopic (exact) mass is 268 g/mol.